The van der Waals surface area contributed by atoms with E-state index >= 15 is 0 Å². The number of benzene rings is 2. The zero-order valence-electron chi connectivity index (χ0n) is 15.8. The second-order valence-corrected chi connectivity index (χ2v) is 9.13. The van der Waals surface area contributed by atoms with Crippen molar-refractivity contribution in [2.45, 2.75) is 19.4 Å². The number of nitrogens with one attached hydrogen (secondary N) is 1. The topological polar surface area (TPSA) is 83.6 Å². The summed E-state index contributed by atoms with van der Waals surface area (Å²) in [6.07, 6.45) is 0.422. The third kappa shape index (κ3) is 4.78. The maximum absolute atomic E-state index is 13.1. The van der Waals surface area contributed by atoms with Gasteiger partial charge in [0.05, 0.1) is 18.1 Å². The van der Waals surface area contributed by atoms with Crippen LogP contribution in [0.1, 0.15) is 23.7 Å². The predicted molar refractivity (Wildman–Crippen MR) is 109 cm³/mol. The molecule has 28 heavy (non-hydrogen) atoms. The Morgan fingerprint density at radius 2 is 1.75 bits per heavy atom. The van der Waals surface area contributed by atoms with E-state index in [9.17, 15) is 18.0 Å². The third-order valence-electron chi connectivity index (χ3n) is 4.84. The summed E-state index contributed by atoms with van der Waals surface area (Å²) in [6.45, 7) is 2.09. The molecule has 6 nitrogen and oxygen atoms in total. The van der Waals surface area contributed by atoms with Gasteiger partial charge in [-0.05, 0) is 30.5 Å². The predicted octanol–water partition coefficient (Wildman–Crippen LogP) is 2.12. The molecule has 0 radical (unpaired) electrons. The molecule has 148 valence electrons. The summed E-state index contributed by atoms with van der Waals surface area (Å²) in [5.41, 5.74) is 2.28. The minimum atomic E-state index is -3.07. The van der Waals surface area contributed by atoms with Crippen molar-refractivity contribution >= 4 is 21.7 Å². The number of hydrogen-bond donors (Lipinski definition) is 1. The Morgan fingerprint density at radius 3 is 2.39 bits per heavy atom. The molecule has 1 saturated heterocycles. The smallest absolute Gasteiger partial charge is 0.254 e. The van der Waals surface area contributed by atoms with Crippen LogP contribution < -0.4 is 5.32 Å². The summed E-state index contributed by atoms with van der Waals surface area (Å²) in [5.74, 6) is -0.500. The lowest BCUT2D eigenvalue weighted by atomic mass is 9.99. The number of rotatable bonds is 6. The highest BCUT2D eigenvalue weighted by atomic mass is 32.2. The Labute approximate surface area is 165 Å². The second-order valence-electron chi connectivity index (χ2n) is 6.90. The molecule has 1 N–H and O–H groups in total. The van der Waals surface area contributed by atoms with Crippen LogP contribution in [0.5, 0.6) is 0 Å². The van der Waals surface area contributed by atoms with E-state index in [1.54, 1.807) is 12.1 Å². The second kappa shape index (κ2) is 8.56. The van der Waals surface area contributed by atoms with Crippen molar-refractivity contribution in [3.8, 4) is 11.1 Å². The van der Waals surface area contributed by atoms with Crippen LogP contribution in [0.2, 0.25) is 0 Å². The van der Waals surface area contributed by atoms with Gasteiger partial charge in [0, 0.05) is 18.2 Å². The van der Waals surface area contributed by atoms with Crippen molar-refractivity contribution in [3.63, 3.8) is 0 Å². The van der Waals surface area contributed by atoms with Gasteiger partial charge in [-0.25, -0.2) is 8.42 Å². The van der Waals surface area contributed by atoms with E-state index in [4.69, 9.17) is 0 Å². The normalized spacial score (nSPS) is 17.8. The molecule has 3 rings (SSSR count). The largest absolute Gasteiger partial charge is 0.351 e. The molecule has 7 heteroatoms. The first-order valence-electron chi connectivity index (χ1n) is 9.33. The average Bonchev–Trinajstić information content (AvgIpc) is 3.04. The number of carbonyl (C=O) groups is 2. The lowest BCUT2D eigenvalue weighted by Crippen LogP contribution is -2.44. The molecule has 0 bridgehead atoms. The van der Waals surface area contributed by atoms with Gasteiger partial charge in [-0.1, -0.05) is 48.5 Å². The van der Waals surface area contributed by atoms with Gasteiger partial charge in [-0.2, -0.15) is 0 Å². The molecule has 0 aromatic heterocycles. The van der Waals surface area contributed by atoms with Crippen molar-refractivity contribution in [1.29, 1.82) is 0 Å². The molecule has 1 aliphatic heterocycles. The Hall–Kier alpha value is -2.67. The van der Waals surface area contributed by atoms with Crippen molar-refractivity contribution in [1.82, 2.24) is 10.2 Å². The fraction of sp³-hybridized carbons (Fsp3) is 0.333. The van der Waals surface area contributed by atoms with E-state index in [0.29, 0.717) is 18.5 Å². The van der Waals surface area contributed by atoms with E-state index in [-0.39, 0.29) is 35.9 Å². The van der Waals surface area contributed by atoms with Crippen LogP contribution in [0.15, 0.2) is 54.6 Å². The van der Waals surface area contributed by atoms with Crippen LogP contribution in [-0.2, 0) is 14.6 Å². The summed E-state index contributed by atoms with van der Waals surface area (Å²) in [4.78, 5) is 26.9. The summed E-state index contributed by atoms with van der Waals surface area (Å²) < 4.78 is 23.1. The molecule has 2 amide bonds. The molecule has 2 aromatic rings. The monoisotopic (exact) mass is 400 g/mol. The lowest BCUT2D eigenvalue weighted by Gasteiger charge is -2.23. The molecule has 0 saturated carbocycles. The minimum absolute atomic E-state index is 0.0321. The summed E-state index contributed by atoms with van der Waals surface area (Å²) in [7, 11) is -3.07. The molecule has 1 fully saturated rings. The first-order chi connectivity index (χ1) is 13.4. The summed E-state index contributed by atoms with van der Waals surface area (Å²) in [5, 5.41) is 2.74. The van der Waals surface area contributed by atoms with E-state index in [1.807, 2.05) is 49.4 Å². The maximum Gasteiger partial charge on any atom is 0.254 e. The standard InChI is InChI=1S/C21H24N2O4S/c1-2-23(14-20(24)22-17-12-13-28(26,27)15-17)21(25)19-11-7-6-10-18(19)16-8-4-3-5-9-16/h3-11,17H,2,12-15H2,1H3,(H,22,24)/t17-/m1/s1. The molecule has 0 aliphatic carbocycles. The van der Waals surface area contributed by atoms with E-state index in [0.717, 1.165) is 11.1 Å². The quantitative estimate of drug-likeness (QED) is 0.805. The van der Waals surface area contributed by atoms with Crippen molar-refractivity contribution < 1.29 is 18.0 Å². The molecule has 2 aromatic carbocycles. The Morgan fingerprint density at radius 1 is 1.07 bits per heavy atom. The van der Waals surface area contributed by atoms with E-state index < -0.39 is 9.84 Å². The van der Waals surface area contributed by atoms with E-state index in [1.165, 1.54) is 4.90 Å². The van der Waals surface area contributed by atoms with Gasteiger partial charge >= 0.3 is 0 Å². The number of likely N-dealkylation sites (N-methyl/N-ethyl adjacent to an activating group) is 1. The van der Waals surface area contributed by atoms with Gasteiger partial charge < -0.3 is 10.2 Å². The molecule has 1 atom stereocenters. The van der Waals surface area contributed by atoms with Crippen LogP contribution in [0, 0.1) is 0 Å². The van der Waals surface area contributed by atoms with Crippen molar-refractivity contribution in [3.05, 3.63) is 60.2 Å². The first-order valence-corrected chi connectivity index (χ1v) is 11.2. The fourth-order valence-electron chi connectivity index (χ4n) is 3.39. The maximum atomic E-state index is 13.1. The van der Waals surface area contributed by atoms with E-state index in [2.05, 4.69) is 5.32 Å². The Balaban J connectivity index is 1.73. The van der Waals surface area contributed by atoms with Crippen LogP contribution in [0.3, 0.4) is 0 Å². The number of amides is 2. The molecule has 1 heterocycles. The zero-order valence-corrected chi connectivity index (χ0v) is 16.6. The number of nitrogens with zero attached hydrogens (tertiary/aromatic N) is 1. The average molecular weight is 401 g/mol. The molecule has 0 spiro atoms. The van der Waals surface area contributed by atoms with Crippen LogP contribution >= 0.6 is 0 Å². The van der Waals surface area contributed by atoms with Crippen molar-refractivity contribution in [2.24, 2.45) is 0 Å². The summed E-state index contributed by atoms with van der Waals surface area (Å²) >= 11 is 0. The number of carbonyl (C=O) groups excluding carboxylic acids is 2. The SMILES string of the molecule is CCN(CC(=O)N[C@@H]1CCS(=O)(=O)C1)C(=O)c1ccccc1-c1ccccc1. The molecular formula is C21H24N2O4S. The van der Waals surface area contributed by atoms with Gasteiger partial charge in [-0.3, -0.25) is 9.59 Å². The van der Waals surface area contributed by atoms with Crippen LogP contribution in [-0.4, -0.2) is 55.8 Å². The van der Waals surface area contributed by atoms with Gasteiger partial charge in [0.2, 0.25) is 5.91 Å². The first kappa shape index (κ1) is 20.1. The molecular weight excluding hydrogens is 376 g/mol. The lowest BCUT2D eigenvalue weighted by molar-refractivity contribution is -0.122. The number of sulfone groups is 1. The molecule has 1 aliphatic rings. The highest BCUT2D eigenvalue weighted by Gasteiger charge is 2.29. The third-order valence-corrected chi connectivity index (χ3v) is 6.61. The minimum Gasteiger partial charge on any atom is -0.351 e. The fourth-order valence-corrected chi connectivity index (χ4v) is 5.07. The van der Waals surface area contributed by atoms with Crippen LogP contribution in [0.4, 0.5) is 0 Å². The van der Waals surface area contributed by atoms with Gasteiger partial charge in [0.1, 0.15) is 0 Å². The van der Waals surface area contributed by atoms with Gasteiger partial charge in [0.25, 0.3) is 5.91 Å². The Kier molecular flexibility index (Phi) is 6.14. The van der Waals surface area contributed by atoms with Crippen LogP contribution in [0.25, 0.3) is 11.1 Å². The molecule has 0 unspecified atom stereocenters. The van der Waals surface area contributed by atoms with Crippen molar-refractivity contribution in [2.75, 3.05) is 24.6 Å². The Bertz CT molecular complexity index is 957. The van der Waals surface area contributed by atoms with Gasteiger partial charge in [0.15, 0.2) is 9.84 Å². The summed E-state index contributed by atoms with van der Waals surface area (Å²) in [6, 6.07) is 16.6. The number of hydrogen-bond acceptors (Lipinski definition) is 4. The zero-order chi connectivity index (χ0) is 20.1. The van der Waals surface area contributed by atoms with Gasteiger partial charge in [-0.15, -0.1) is 0 Å². The highest BCUT2D eigenvalue weighted by molar-refractivity contribution is 7.91. The highest BCUT2D eigenvalue weighted by Crippen LogP contribution is 2.24.